The number of hydrogen-bond acceptors (Lipinski definition) is 4. The van der Waals surface area contributed by atoms with Gasteiger partial charge >= 0.3 is 0 Å². The number of thioether (sulfide) groups is 1. The van der Waals surface area contributed by atoms with E-state index in [1.54, 1.807) is 4.31 Å². The Morgan fingerprint density at radius 2 is 2.17 bits per heavy atom. The highest BCUT2D eigenvalue weighted by atomic mass is 127. The van der Waals surface area contributed by atoms with Gasteiger partial charge < -0.3 is 10.6 Å². The fraction of sp³-hybridized carbons (Fsp3) is 0.933. The van der Waals surface area contributed by atoms with E-state index < -0.39 is 10.0 Å². The lowest BCUT2D eigenvalue weighted by Gasteiger charge is -2.21. The van der Waals surface area contributed by atoms with Gasteiger partial charge in [0, 0.05) is 30.9 Å². The average molecular weight is 490 g/mol. The molecular formula is C15H31IN4O2S2. The van der Waals surface area contributed by atoms with Gasteiger partial charge in [0.1, 0.15) is 0 Å². The highest BCUT2D eigenvalue weighted by Gasteiger charge is 2.30. The zero-order chi connectivity index (χ0) is 16.9. The standard InChI is InChI=1S/C15H30N4O2S2.HI/c1-4-16-14(18-12-15(2)7-5-9-22-15)17-10-13-6-8-19(11-13)23(3,20)21;/h13H,4-12H2,1-3H3,(H2,16,17,18);1H. The van der Waals surface area contributed by atoms with Crippen LogP contribution in [0.25, 0.3) is 0 Å². The molecule has 0 spiro atoms. The van der Waals surface area contributed by atoms with Crippen molar-refractivity contribution in [3.8, 4) is 0 Å². The molecule has 2 unspecified atom stereocenters. The molecule has 2 saturated heterocycles. The molecule has 142 valence electrons. The number of aliphatic imine (C=N–C) groups is 1. The van der Waals surface area contributed by atoms with Crippen molar-refractivity contribution in [1.82, 2.24) is 14.9 Å². The fourth-order valence-corrected chi connectivity index (χ4v) is 5.20. The van der Waals surface area contributed by atoms with Crippen LogP contribution in [-0.4, -0.2) is 68.2 Å². The van der Waals surface area contributed by atoms with E-state index in [2.05, 4.69) is 24.5 Å². The summed E-state index contributed by atoms with van der Waals surface area (Å²) in [4.78, 5) is 4.74. The second-order valence-electron chi connectivity index (χ2n) is 6.75. The topological polar surface area (TPSA) is 73.8 Å². The predicted octanol–water partition coefficient (Wildman–Crippen LogP) is 1.73. The van der Waals surface area contributed by atoms with E-state index in [0.29, 0.717) is 19.0 Å². The molecule has 0 amide bonds. The van der Waals surface area contributed by atoms with E-state index >= 15 is 0 Å². The molecule has 2 fully saturated rings. The average Bonchev–Trinajstić information content (AvgIpc) is 3.11. The highest BCUT2D eigenvalue weighted by Crippen LogP contribution is 2.37. The zero-order valence-electron chi connectivity index (χ0n) is 14.9. The Labute approximate surface area is 168 Å². The van der Waals surface area contributed by atoms with E-state index in [9.17, 15) is 8.42 Å². The largest absolute Gasteiger partial charge is 0.357 e. The summed E-state index contributed by atoms with van der Waals surface area (Å²) in [6.45, 7) is 8.01. The molecule has 0 aromatic heterocycles. The molecule has 0 radical (unpaired) electrons. The van der Waals surface area contributed by atoms with Gasteiger partial charge in [-0.25, -0.2) is 12.7 Å². The van der Waals surface area contributed by atoms with E-state index in [-0.39, 0.29) is 28.7 Å². The summed E-state index contributed by atoms with van der Waals surface area (Å²) in [7, 11) is -3.06. The summed E-state index contributed by atoms with van der Waals surface area (Å²) in [6.07, 6.45) is 4.71. The van der Waals surface area contributed by atoms with Crippen LogP contribution >= 0.6 is 35.7 Å². The first-order valence-electron chi connectivity index (χ1n) is 8.44. The first kappa shape index (κ1) is 22.3. The molecule has 0 aromatic rings. The van der Waals surface area contributed by atoms with Gasteiger partial charge in [-0.15, -0.1) is 24.0 Å². The molecule has 9 heteroatoms. The Bertz CT molecular complexity index is 522. The van der Waals surface area contributed by atoms with Crippen molar-refractivity contribution < 1.29 is 8.42 Å². The summed E-state index contributed by atoms with van der Waals surface area (Å²) in [5, 5.41) is 6.67. The maximum Gasteiger partial charge on any atom is 0.211 e. The quantitative estimate of drug-likeness (QED) is 0.337. The molecule has 0 aliphatic carbocycles. The molecule has 0 aromatic carbocycles. The van der Waals surface area contributed by atoms with Gasteiger partial charge in [-0.05, 0) is 44.8 Å². The third-order valence-electron chi connectivity index (χ3n) is 4.49. The van der Waals surface area contributed by atoms with E-state index in [1.165, 1.54) is 24.9 Å². The molecule has 2 N–H and O–H groups in total. The zero-order valence-corrected chi connectivity index (χ0v) is 18.8. The van der Waals surface area contributed by atoms with Crippen LogP contribution in [0.3, 0.4) is 0 Å². The molecule has 2 atom stereocenters. The number of rotatable bonds is 6. The maximum atomic E-state index is 11.6. The normalized spacial score (nSPS) is 28.6. The van der Waals surface area contributed by atoms with Crippen LogP contribution in [0.4, 0.5) is 0 Å². The molecule has 6 nitrogen and oxygen atoms in total. The van der Waals surface area contributed by atoms with Crippen LogP contribution in [0.1, 0.15) is 33.1 Å². The Hall–Kier alpha value is 0.260. The van der Waals surface area contributed by atoms with Gasteiger partial charge in [-0.2, -0.15) is 11.8 Å². The molecule has 2 heterocycles. The van der Waals surface area contributed by atoms with E-state index in [4.69, 9.17) is 4.99 Å². The Balaban J connectivity index is 0.00000288. The Morgan fingerprint density at radius 3 is 2.71 bits per heavy atom. The van der Waals surface area contributed by atoms with E-state index in [1.807, 2.05) is 11.8 Å². The van der Waals surface area contributed by atoms with Gasteiger partial charge in [-0.3, -0.25) is 4.99 Å². The second kappa shape index (κ2) is 9.82. The van der Waals surface area contributed by atoms with Crippen LogP contribution in [0.5, 0.6) is 0 Å². The minimum absolute atomic E-state index is 0. The van der Waals surface area contributed by atoms with Crippen molar-refractivity contribution in [2.45, 2.75) is 37.9 Å². The number of guanidine groups is 1. The van der Waals surface area contributed by atoms with Gasteiger partial charge in [-0.1, -0.05) is 0 Å². The minimum atomic E-state index is -3.06. The monoisotopic (exact) mass is 490 g/mol. The number of halogens is 1. The van der Waals surface area contributed by atoms with Crippen molar-refractivity contribution >= 4 is 51.7 Å². The van der Waals surface area contributed by atoms with Crippen LogP contribution in [0.2, 0.25) is 0 Å². The summed E-state index contributed by atoms with van der Waals surface area (Å²) >= 11 is 2.02. The Kier molecular flexibility index (Phi) is 9.12. The summed E-state index contributed by atoms with van der Waals surface area (Å²) in [5.41, 5.74) is 0. The number of sulfonamides is 1. The van der Waals surface area contributed by atoms with Crippen molar-refractivity contribution in [3.63, 3.8) is 0 Å². The van der Waals surface area contributed by atoms with Crippen LogP contribution in [-0.2, 0) is 10.0 Å². The Morgan fingerprint density at radius 1 is 1.42 bits per heavy atom. The highest BCUT2D eigenvalue weighted by molar-refractivity contribution is 14.0. The van der Waals surface area contributed by atoms with Gasteiger partial charge in [0.05, 0.1) is 12.8 Å². The van der Waals surface area contributed by atoms with Crippen LogP contribution < -0.4 is 10.6 Å². The lowest BCUT2D eigenvalue weighted by Crippen LogP contribution is -2.41. The van der Waals surface area contributed by atoms with Crippen molar-refractivity contribution in [3.05, 3.63) is 0 Å². The summed E-state index contributed by atoms with van der Waals surface area (Å²) in [6, 6.07) is 0. The third kappa shape index (κ3) is 6.87. The third-order valence-corrected chi connectivity index (χ3v) is 7.28. The lowest BCUT2D eigenvalue weighted by molar-refractivity contribution is 0.458. The number of hydrogen-bond donors (Lipinski definition) is 2. The predicted molar refractivity (Wildman–Crippen MR) is 114 cm³/mol. The van der Waals surface area contributed by atoms with Crippen molar-refractivity contribution in [2.75, 3.05) is 44.7 Å². The first-order chi connectivity index (χ1) is 10.8. The summed E-state index contributed by atoms with van der Waals surface area (Å²) in [5.74, 6) is 2.43. The molecular weight excluding hydrogens is 459 g/mol. The smallest absolute Gasteiger partial charge is 0.211 e. The van der Waals surface area contributed by atoms with Crippen molar-refractivity contribution in [1.29, 1.82) is 0 Å². The van der Waals surface area contributed by atoms with Gasteiger partial charge in [0.15, 0.2) is 5.96 Å². The van der Waals surface area contributed by atoms with Crippen molar-refractivity contribution in [2.24, 2.45) is 10.9 Å². The number of nitrogens with zero attached hydrogens (tertiary/aromatic N) is 2. The van der Waals surface area contributed by atoms with E-state index in [0.717, 1.165) is 32.0 Å². The minimum Gasteiger partial charge on any atom is -0.357 e. The second-order valence-corrected chi connectivity index (χ2v) is 10.4. The molecule has 0 bridgehead atoms. The van der Waals surface area contributed by atoms with Gasteiger partial charge in [0.25, 0.3) is 0 Å². The molecule has 2 rings (SSSR count). The fourth-order valence-electron chi connectivity index (χ4n) is 3.06. The summed E-state index contributed by atoms with van der Waals surface area (Å²) < 4.78 is 25.0. The SMILES string of the molecule is CCNC(=NCC1(C)CCCS1)NCC1CCN(S(C)(=O)=O)C1.I. The maximum absolute atomic E-state index is 11.6. The van der Waals surface area contributed by atoms with Gasteiger partial charge in [0.2, 0.25) is 10.0 Å². The number of nitrogens with one attached hydrogen (secondary N) is 2. The first-order valence-corrected chi connectivity index (χ1v) is 11.3. The molecule has 24 heavy (non-hydrogen) atoms. The molecule has 0 saturated carbocycles. The van der Waals surface area contributed by atoms with Crippen LogP contribution in [0.15, 0.2) is 4.99 Å². The molecule has 2 aliphatic heterocycles. The molecule has 2 aliphatic rings. The van der Waals surface area contributed by atoms with Crippen LogP contribution in [0, 0.1) is 5.92 Å². The lowest BCUT2D eigenvalue weighted by atomic mass is 10.1.